The first-order valence-electron chi connectivity index (χ1n) is 11.0. The van der Waals surface area contributed by atoms with Gasteiger partial charge in [-0.1, -0.05) is 29.8 Å². The Labute approximate surface area is 200 Å². The van der Waals surface area contributed by atoms with Crippen LogP contribution < -0.4 is 10.2 Å². The molecule has 172 valence electrons. The Morgan fingerprint density at radius 1 is 1.06 bits per heavy atom. The van der Waals surface area contributed by atoms with Crippen molar-refractivity contribution in [2.75, 3.05) is 23.3 Å². The van der Waals surface area contributed by atoms with Crippen LogP contribution >= 0.6 is 11.3 Å². The van der Waals surface area contributed by atoms with E-state index in [1.807, 2.05) is 31.2 Å². The molecule has 1 fully saturated rings. The van der Waals surface area contributed by atoms with Crippen molar-refractivity contribution < 1.29 is 19.2 Å². The van der Waals surface area contributed by atoms with Crippen LogP contribution in [-0.4, -0.2) is 46.6 Å². The third kappa shape index (κ3) is 4.10. The van der Waals surface area contributed by atoms with Gasteiger partial charge in [0.25, 0.3) is 11.8 Å². The molecular formula is C25H22N4O4S. The van der Waals surface area contributed by atoms with E-state index in [2.05, 4.69) is 10.3 Å². The summed E-state index contributed by atoms with van der Waals surface area (Å²) in [7, 11) is 0. The lowest BCUT2D eigenvalue weighted by Crippen LogP contribution is -2.31. The Bertz CT molecular complexity index is 1270. The second-order valence-electron chi connectivity index (χ2n) is 8.42. The molecule has 0 radical (unpaired) electrons. The molecule has 3 heterocycles. The zero-order valence-corrected chi connectivity index (χ0v) is 19.3. The highest BCUT2D eigenvalue weighted by atomic mass is 32.1. The highest BCUT2D eigenvalue weighted by molar-refractivity contribution is 7.15. The Kier molecular flexibility index (Phi) is 5.70. The lowest BCUT2D eigenvalue weighted by molar-refractivity contribution is -0.122. The molecule has 2 aliphatic rings. The molecule has 4 amide bonds. The van der Waals surface area contributed by atoms with E-state index in [9.17, 15) is 19.2 Å². The summed E-state index contributed by atoms with van der Waals surface area (Å²) in [5.41, 5.74) is 2.74. The van der Waals surface area contributed by atoms with E-state index < -0.39 is 5.92 Å². The van der Waals surface area contributed by atoms with Gasteiger partial charge in [0.05, 0.1) is 17.0 Å². The number of hydrogen-bond donors (Lipinski definition) is 1. The summed E-state index contributed by atoms with van der Waals surface area (Å²) in [5.74, 6) is -1.36. The van der Waals surface area contributed by atoms with Gasteiger partial charge in [0.1, 0.15) is 0 Å². The van der Waals surface area contributed by atoms with Crippen LogP contribution in [-0.2, 0) is 16.0 Å². The molecule has 1 saturated heterocycles. The molecule has 0 saturated carbocycles. The van der Waals surface area contributed by atoms with Crippen LogP contribution in [0.15, 0.2) is 54.7 Å². The fourth-order valence-electron chi connectivity index (χ4n) is 4.21. The summed E-state index contributed by atoms with van der Waals surface area (Å²) in [4.78, 5) is 58.2. The average Bonchev–Trinajstić information content (AvgIpc) is 3.51. The van der Waals surface area contributed by atoms with Gasteiger partial charge < -0.3 is 10.2 Å². The molecule has 1 aromatic heterocycles. The maximum absolute atomic E-state index is 12.8. The number of amides is 4. The van der Waals surface area contributed by atoms with Crippen LogP contribution in [0.25, 0.3) is 0 Å². The van der Waals surface area contributed by atoms with Gasteiger partial charge >= 0.3 is 0 Å². The van der Waals surface area contributed by atoms with Gasteiger partial charge in [-0.15, -0.1) is 11.3 Å². The molecule has 0 bridgehead atoms. The molecule has 2 aromatic carbocycles. The SMILES string of the molecule is Cc1ccc(N2CC(C(=O)Nc3ncc(CCN4C(=O)c5ccccc5C4=O)s3)CC2=O)cc1. The number of carbonyl (C=O) groups excluding carboxylic acids is 4. The number of thiazole rings is 1. The van der Waals surface area contributed by atoms with Crippen LogP contribution in [0.1, 0.15) is 37.6 Å². The summed E-state index contributed by atoms with van der Waals surface area (Å²) in [6, 6.07) is 14.4. The minimum atomic E-state index is -0.459. The number of imide groups is 1. The zero-order chi connectivity index (χ0) is 23.8. The molecule has 9 heteroatoms. The van der Waals surface area contributed by atoms with Gasteiger partial charge in [-0.05, 0) is 31.2 Å². The van der Waals surface area contributed by atoms with Gasteiger partial charge in [0.15, 0.2) is 5.13 Å². The van der Waals surface area contributed by atoms with Crippen molar-refractivity contribution in [3.8, 4) is 0 Å². The minimum Gasteiger partial charge on any atom is -0.312 e. The molecule has 2 aliphatic heterocycles. The first-order valence-corrected chi connectivity index (χ1v) is 11.8. The summed E-state index contributed by atoms with van der Waals surface area (Å²) in [5, 5.41) is 3.24. The number of nitrogens with one attached hydrogen (secondary N) is 1. The molecule has 5 rings (SSSR count). The van der Waals surface area contributed by atoms with Gasteiger partial charge in [0.2, 0.25) is 11.8 Å². The highest BCUT2D eigenvalue weighted by Crippen LogP contribution is 2.28. The van der Waals surface area contributed by atoms with Gasteiger partial charge in [-0.3, -0.25) is 24.1 Å². The van der Waals surface area contributed by atoms with E-state index >= 15 is 0 Å². The average molecular weight is 475 g/mol. The topological polar surface area (TPSA) is 99.7 Å². The molecule has 0 aliphatic carbocycles. The number of fused-ring (bicyclic) bond motifs is 1. The van der Waals surface area contributed by atoms with Crippen molar-refractivity contribution in [1.29, 1.82) is 0 Å². The van der Waals surface area contributed by atoms with Crippen molar-refractivity contribution in [2.45, 2.75) is 19.8 Å². The van der Waals surface area contributed by atoms with Crippen molar-refractivity contribution in [3.63, 3.8) is 0 Å². The van der Waals surface area contributed by atoms with Gasteiger partial charge in [0, 0.05) is 42.7 Å². The molecule has 34 heavy (non-hydrogen) atoms. The lowest BCUT2D eigenvalue weighted by atomic mass is 10.1. The quantitative estimate of drug-likeness (QED) is 0.553. The molecule has 1 atom stereocenters. The fraction of sp³-hybridized carbons (Fsp3) is 0.240. The van der Waals surface area contributed by atoms with Crippen molar-refractivity contribution >= 4 is 45.8 Å². The number of benzene rings is 2. The van der Waals surface area contributed by atoms with E-state index in [1.165, 1.54) is 16.2 Å². The zero-order valence-electron chi connectivity index (χ0n) is 18.5. The van der Waals surface area contributed by atoms with Crippen LogP contribution in [0.4, 0.5) is 10.8 Å². The number of carbonyl (C=O) groups is 4. The Balaban J connectivity index is 1.17. The van der Waals surface area contributed by atoms with Gasteiger partial charge in [-0.25, -0.2) is 4.98 Å². The predicted molar refractivity (Wildman–Crippen MR) is 128 cm³/mol. The molecule has 1 unspecified atom stereocenters. The number of aromatic nitrogens is 1. The van der Waals surface area contributed by atoms with E-state index in [-0.39, 0.29) is 36.6 Å². The third-order valence-electron chi connectivity index (χ3n) is 6.09. The lowest BCUT2D eigenvalue weighted by Gasteiger charge is -2.16. The molecule has 0 spiro atoms. The molecule has 3 aromatic rings. The minimum absolute atomic E-state index is 0.0789. The Hall–Kier alpha value is -3.85. The summed E-state index contributed by atoms with van der Waals surface area (Å²) < 4.78 is 0. The van der Waals surface area contributed by atoms with Crippen LogP contribution in [0, 0.1) is 12.8 Å². The number of anilines is 2. The van der Waals surface area contributed by atoms with Crippen LogP contribution in [0.3, 0.4) is 0 Å². The fourth-order valence-corrected chi connectivity index (χ4v) is 5.01. The largest absolute Gasteiger partial charge is 0.312 e. The number of rotatable bonds is 6. The van der Waals surface area contributed by atoms with Crippen molar-refractivity contribution in [2.24, 2.45) is 5.92 Å². The Morgan fingerprint density at radius 3 is 2.41 bits per heavy atom. The van der Waals surface area contributed by atoms with E-state index in [4.69, 9.17) is 0 Å². The molecular weight excluding hydrogens is 452 g/mol. The van der Waals surface area contributed by atoms with Crippen molar-refractivity contribution in [3.05, 3.63) is 76.3 Å². The monoisotopic (exact) mass is 474 g/mol. The first kappa shape index (κ1) is 22.0. The van der Waals surface area contributed by atoms with Crippen LogP contribution in [0.2, 0.25) is 0 Å². The standard InChI is InChI=1S/C25H22N4O4S/c1-15-6-8-17(9-7-15)29-14-16(12-21(29)30)22(31)27-25-26-13-18(34-25)10-11-28-23(32)19-4-2-3-5-20(19)24(28)33/h2-9,13,16H,10-12,14H2,1H3,(H,26,27,31). The second-order valence-corrected chi connectivity index (χ2v) is 9.53. The van der Waals surface area contributed by atoms with Gasteiger partial charge in [-0.2, -0.15) is 0 Å². The maximum Gasteiger partial charge on any atom is 0.261 e. The second kappa shape index (κ2) is 8.83. The number of nitrogens with zero attached hydrogens (tertiary/aromatic N) is 3. The smallest absolute Gasteiger partial charge is 0.261 e. The third-order valence-corrected chi connectivity index (χ3v) is 7.06. The summed E-state index contributed by atoms with van der Waals surface area (Å²) in [6.07, 6.45) is 2.23. The van der Waals surface area contributed by atoms with E-state index in [0.717, 1.165) is 16.1 Å². The van der Waals surface area contributed by atoms with E-state index in [0.29, 0.717) is 29.2 Å². The molecule has 8 nitrogen and oxygen atoms in total. The maximum atomic E-state index is 12.8. The highest BCUT2D eigenvalue weighted by Gasteiger charge is 2.36. The van der Waals surface area contributed by atoms with E-state index in [1.54, 1.807) is 35.4 Å². The summed E-state index contributed by atoms with van der Waals surface area (Å²) in [6.45, 7) is 2.55. The number of hydrogen-bond acceptors (Lipinski definition) is 6. The normalized spacial score (nSPS) is 17.4. The van der Waals surface area contributed by atoms with Crippen LogP contribution in [0.5, 0.6) is 0 Å². The van der Waals surface area contributed by atoms with Crippen molar-refractivity contribution in [1.82, 2.24) is 9.88 Å². The predicted octanol–water partition coefficient (Wildman–Crippen LogP) is 3.28. The first-order chi connectivity index (χ1) is 16.4. The summed E-state index contributed by atoms with van der Waals surface area (Å²) >= 11 is 1.30. The number of aryl methyl sites for hydroxylation is 1. The molecule has 1 N–H and O–H groups in total. The Morgan fingerprint density at radius 2 is 1.74 bits per heavy atom.